The van der Waals surface area contributed by atoms with Gasteiger partial charge in [-0.2, -0.15) is 0 Å². The predicted molar refractivity (Wildman–Crippen MR) is 48.6 cm³/mol. The summed E-state index contributed by atoms with van der Waals surface area (Å²) >= 11 is 8.89. The summed E-state index contributed by atoms with van der Waals surface area (Å²) in [6.45, 7) is 3.46. The number of benzene rings is 1. The molecule has 0 saturated heterocycles. The molecule has 0 atom stereocenters. The van der Waals surface area contributed by atoms with E-state index < -0.39 is 0 Å². The molecule has 0 N–H and O–H groups in total. The Morgan fingerprint density at radius 3 is 2.55 bits per heavy atom. The molecule has 0 bridgehead atoms. The van der Waals surface area contributed by atoms with Gasteiger partial charge in [0, 0.05) is 10.0 Å². The number of hydrogen-bond donors (Lipinski definition) is 0. The largest absolute Gasteiger partial charge is 0.205 e. The molecule has 0 aliphatic rings. The molecule has 60 valence electrons. The van der Waals surface area contributed by atoms with E-state index in [4.69, 9.17) is 11.6 Å². The van der Waals surface area contributed by atoms with E-state index in [1.807, 2.05) is 0 Å². The van der Waals surface area contributed by atoms with E-state index in [0.717, 1.165) is 10.0 Å². The molecule has 1 aromatic rings. The third kappa shape index (κ3) is 1.57. The van der Waals surface area contributed by atoms with Gasteiger partial charge in [0.25, 0.3) is 0 Å². The maximum Gasteiger partial charge on any atom is 0.146 e. The van der Waals surface area contributed by atoms with Gasteiger partial charge in [-0.1, -0.05) is 27.5 Å². The maximum atomic E-state index is 13.1. The predicted octanol–water partition coefficient (Wildman–Crippen LogP) is 3.86. The molecule has 3 heteroatoms. The average molecular weight is 237 g/mol. The number of rotatable bonds is 0. The van der Waals surface area contributed by atoms with Gasteiger partial charge in [0.1, 0.15) is 5.82 Å². The first kappa shape index (κ1) is 9.01. The monoisotopic (exact) mass is 236 g/mol. The van der Waals surface area contributed by atoms with Crippen molar-refractivity contribution in [3.63, 3.8) is 0 Å². The second kappa shape index (κ2) is 3.11. The topological polar surface area (TPSA) is 0 Å². The lowest BCUT2D eigenvalue weighted by atomic mass is 10.1. The van der Waals surface area contributed by atoms with Crippen LogP contribution in [0.3, 0.4) is 0 Å². The second-order valence-electron chi connectivity index (χ2n) is 2.43. The van der Waals surface area contributed by atoms with Gasteiger partial charge in [-0.05, 0) is 25.5 Å². The van der Waals surface area contributed by atoms with Gasteiger partial charge in [0.2, 0.25) is 0 Å². The Bertz CT molecular complexity index is 270. The van der Waals surface area contributed by atoms with Crippen molar-refractivity contribution >= 4 is 27.5 Å². The number of halogens is 3. The van der Waals surface area contributed by atoms with Crippen LogP contribution in [0.4, 0.5) is 4.39 Å². The van der Waals surface area contributed by atoms with Crippen molar-refractivity contribution in [3.05, 3.63) is 32.5 Å². The van der Waals surface area contributed by atoms with Gasteiger partial charge in [-0.15, -0.1) is 0 Å². The smallest absolute Gasteiger partial charge is 0.146 e. The van der Waals surface area contributed by atoms with Gasteiger partial charge < -0.3 is 0 Å². The van der Waals surface area contributed by atoms with Crippen LogP contribution in [-0.2, 0) is 0 Å². The highest BCUT2D eigenvalue weighted by atomic mass is 79.9. The van der Waals surface area contributed by atoms with Crippen LogP contribution < -0.4 is 0 Å². The number of aryl methyl sites for hydroxylation is 1. The Balaban J connectivity index is 3.46. The van der Waals surface area contributed by atoms with Crippen molar-refractivity contribution in [2.75, 3.05) is 0 Å². The Kier molecular flexibility index (Phi) is 2.55. The summed E-state index contributed by atoms with van der Waals surface area (Å²) in [6.07, 6.45) is 0. The van der Waals surface area contributed by atoms with E-state index in [2.05, 4.69) is 15.9 Å². The SMILES string of the molecule is Cc1cc(Br)c(C)c(F)c1Cl. The lowest BCUT2D eigenvalue weighted by Gasteiger charge is -2.04. The van der Waals surface area contributed by atoms with Gasteiger partial charge >= 0.3 is 0 Å². The molecule has 0 amide bonds. The van der Waals surface area contributed by atoms with Crippen LogP contribution in [0.5, 0.6) is 0 Å². The molecule has 0 spiro atoms. The molecule has 0 fully saturated rings. The fourth-order valence-corrected chi connectivity index (χ4v) is 1.52. The first-order valence-electron chi connectivity index (χ1n) is 3.14. The van der Waals surface area contributed by atoms with E-state index in [1.165, 1.54) is 0 Å². The molecule has 0 unspecified atom stereocenters. The maximum absolute atomic E-state index is 13.1. The minimum absolute atomic E-state index is 0.214. The van der Waals surface area contributed by atoms with Gasteiger partial charge in [0.05, 0.1) is 5.02 Å². The Morgan fingerprint density at radius 2 is 2.00 bits per heavy atom. The van der Waals surface area contributed by atoms with Crippen LogP contribution >= 0.6 is 27.5 Å². The summed E-state index contributed by atoms with van der Waals surface area (Å²) in [5.74, 6) is -0.335. The molecular formula is C8H7BrClF. The molecule has 0 aromatic heterocycles. The summed E-state index contributed by atoms with van der Waals surface area (Å²) < 4.78 is 13.9. The molecule has 0 saturated carbocycles. The highest BCUT2D eigenvalue weighted by Crippen LogP contribution is 2.28. The van der Waals surface area contributed by atoms with Crippen molar-refractivity contribution in [3.8, 4) is 0 Å². The van der Waals surface area contributed by atoms with Gasteiger partial charge in [0.15, 0.2) is 0 Å². The van der Waals surface area contributed by atoms with Crippen LogP contribution in [0.2, 0.25) is 5.02 Å². The molecule has 0 radical (unpaired) electrons. The molecule has 0 aliphatic heterocycles. The van der Waals surface area contributed by atoms with Crippen LogP contribution in [0.15, 0.2) is 10.5 Å². The van der Waals surface area contributed by atoms with E-state index in [-0.39, 0.29) is 10.8 Å². The van der Waals surface area contributed by atoms with E-state index >= 15 is 0 Å². The molecule has 1 aromatic carbocycles. The Labute approximate surface area is 78.5 Å². The molecule has 11 heavy (non-hydrogen) atoms. The van der Waals surface area contributed by atoms with E-state index in [0.29, 0.717) is 5.56 Å². The van der Waals surface area contributed by atoms with Crippen LogP contribution in [-0.4, -0.2) is 0 Å². The first-order valence-corrected chi connectivity index (χ1v) is 4.32. The van der Waals surface area contributed by atoms with Crippen LogP contribution in [0.25, 0.3) is 0 Å². The average Bonchev–Trinajstić information content (AvgIpc) is 1.97. The highest BCUT2D eigenvalue weighted by Gasteiger charge is 2.09. The Morgan fingerprint density at radius 1 is 1.45 bits per heavy atom. The third-order valence-electron chi connectivity index (χ3n) is 1.57. The third-order valence-corrected chi connectivity index (χ3v) is 2.86. The van der Waals surface area contributed by atoms with E-state index in [1.54, 1.807) is 19.9 Å². The summed E-state index contributed by atoms with van der Waals surface area (Å²) in [5.41, 5.74) is 1.31. The standard InChI is InChI=1S/C8H7BrClF/c1-4-3-6(9)5(2)8(11)7(4)10/h3H,1-2H3. The summed E-state index contributed by atoms with van der Waals surface area (Å²) in [6, 6.07) is 1.81. The van der Waals surface area contributed by atoms with E-state index in [9.17, 15) is 4.39 Å². The number of hydrogen-bond acceptors (Lipinski definition) is 0. The summed E-state index contributed by atoms with van der Waals surface area (Å²) in [7, 11) is 0. The lowest BCUT2D eigenvalue weighted by molar-refractivity contribution is 0.616. The minimum atomic E-state index is -0.335. The normalized spacial score (nSPS) is 10.3. The van der Waals surface area contributed by atoms with Crippen molar-refractivity contribution in [2.24, 2.45) is 0 Å². The highest BCUT2D eigenvalue weighted by molar-refractivity contribution is 9.10. The quantitative estimate of drug-likeness (QED) is 0.601. The molecule has 0 heterocycles. The fraction of sp³-hybridized carbons (Fsp3) is 0.250. The molecule has 0 aliphatic carbocycles. The van der Waals surface area contributed by atoms with Gasteiger partial charge in [-0.25, -0.2) is 4.39 Å². The lowest BCUT2D eigenvalue weighted by Crippen LogP contribution is -1.88. The fourth-order valence-electron chi connectivity index (χ4n) is 0.804. The first-order chi connectivity index (χ1) is 5.04. The molecule has 1 rings (SSSR count). The van der Waals surface area contributed by atoms with Crippen molar-refractivity contribution in [2.45, 2.75) is 13.8 Å². The van der Waals surface area contributed by atoms with Gasteiger partial charge in [-0.3, -0.25) is 0 Å². The Hall–Kier alpha value is -0.0800. The summed E-state index contributed by atoms with van der Waals surface area (Å²) in [4.78, 5) is 0. The zero-order valence-corrected chi connectivity index (χ0v) is 8.55. The minimum Gasteiger partial charge on any atom is -0.205 e. The molecular weight excluding hydrogens is 230 g/mol. The molecule has 0 nitrogen and oxygen atoms in total. The van der Waals surface area contributed by atoms with Crippen molar-refractivity contribution in [1.82, 2.24) is 0 Å². The second-order valence-corrected chi connectivity index (χ2v) is 3.66. The zero-order chi connectivity index (χ0) is 8.59. The van der Waals surface area contributed by atoms with Crippen molar-refractivity contribution in [1.29, 1.82) is 0 Å². The zero-order valence-electron chi connectivity index (χ0n) is 6.21. The van der Waals surface area contributed by atoms with Crippen LogP contribution in [0, 0.1) is 19.7 Å². The van der Waals surface area contributed by atoms with Crippen molar-refractivity contribution < 1.29 is 4.39 Å². The van der Waals surface area contributed by atoms with Crippen LogP contribution in [0.1, 0.15) is 11.1 Å². The summed E-state index contributed by atoms with van der Waals surface area (Å²) in [5, 5.41) is 0.214.